The fraction of sp³-hybridized carbons (Fsp3) is 0.174. The van der Waals surface area contributed by atoms with E-state index in [1.807, 2.05) is 62.5 Å². The second-order valence-corrected chi connectivity index (χ2v) is 9.11. The van der Waals surface area contributed by atoms with Gasteiger partial charge in [-0.1, -0.05) is 18.2 Å². The first kappa shape index (κ1) is 20.3. The highest BCUT2D eigenvalue weighted by Crippen LogP contribution is 2.38. The predicted octanol–water partition coefficient (Wildman–Crippen LogP) is 5.98. The van der Waals surface area contributed by atoms with Crippen molar-refractivity contribution in [2.75, 3.05) is 10.6 Å². The van der Waals surface area contributed by atoms with Crippen LogP contribution >= 0.6 is 22.7 Å². The first-order valence-corrected chi connectivity index (χ1v) is 11.3. The van der Waals surface area contributed by atoms with Crippen molar-refractivity contribution in [2.45, 2.75) is 26.8 Å². The summed E-state index contributed by atoms with van der Waals surface area (Å²) in [6, 6.07) is 15.2. The molecule has 0 aliphatic heterocycles. The van der Waals surface area contributed by atoms with Crippen molar-refractivity contribution >= 4 is 39.5 Å². The van der Waals surface area contributed by atoms with Crippen LogP contribution in [0.4, 0.5) is 10.9 Å². The minimum Gasteiger partial charge on any atom is -0.343 e. The molecule has 7 heteroatoms. The lowest BCUT2D eigenvalue weighted by Crippen LogP contribution is -2.17. The zero-order chi connectivity index (χ0) is 21.1. The van der Waals surface area contributed by atoms with Gasteiger partial charge >= 0.3 is 0 Å². The van der Waals surface area contributed by atoms with Gasteiger partial charge in [0, 0.05) is 27.4 Å². The molecule has 0 saturated heterocycles. The van der Waals surface area contributed by atoms with E-state index in [2.05, 4.69) is 38.1 Å². The Balaban J connectivity index is 1.70. The highest BCUT2D eigenvalue weighted by Gasteiger charge is 2.23. The SMILES string of the molecule is Cc1cc(C)nc(N[C@@H](c2ccsc2)c2cc(C)sc2NC(=O)c2ccccc2)n1. The normalized spacial score (nSPS) is 11.8. The van der Waals surface area contributed by atoms with Gasteiger partial charge in [0.1, 0.15) is 5.00 Å². The summed E-state index contributed by atoms with van der Waals surface area (Å²) >= 11 is 3.21. The van der Waals surface area contributed by atoms with Gasteiger partial charge in [-0.05, 0) is 67.4 Å². The highest BCUT2D eigenvalue weighted by atomic mass is 32.1. The lowest BCUT2D eigenvalue weighted by molar-refractivity contribution is 0.102. The Kier molecular flexibility index (Phi) is 5.92. The Morgan fingerprint density at radius 2 is 1.73 bits per heavy atom. The Hall–Kier alpha value is -3.03. The molecule has 0 aliphatic rings. The van der Waals surface area contributed by atoms with Crippen molar-refractivity contribution in [1.29, 1.82) is 0 Å². The number of hydrogen-bond donors (Lipinski definition) is 2. The number of aryl methyl sites for hydroxylation is 3. The number of thiophene rings is 2. The van der Waals surface area contributed by atoms with E-state index in [-0.39, 0.29) is 11.9 Å². The Morgan fingerprint density at radius 3 is 2.40 bits per heavy atom. The van der Waals surface area contributed by atoms with Crippen molar-refractivity contribution in [3.63, 3.8) is 0 Å². The van der Waals surface area contributed by atoms with E-state index in [0.717, 1.165) is 32.4 Å². The van der Waals surface area contributed by atoms with Crippen LogP contribution in [0.2, 0.25) is 0 Å². The van der Waals surface area contributed by atoms with E-state index >= 15 is 0 Å². The number of rotatable bonds is 6. The molecule has 2 N–H and O–H groups in total. The minimum atomic E-state index is -0.173. The average Bonchev–Trinajstić information content (AvgIpc) is 3.36. The molecular formula is C23H22N4OS2. The number of nitrogens with zero attached hydrogens (tertiary/aromatic N) is 2. The maximum Gasteiger partial charge on any atom is 0.256 e. The number of anilines is 2. The summed E-state index contributed by atoms with van der Waals surface area (Å²) in [5.41, 5.74) is 4.56. The van der Waals surface area contributed by atoms with Crippen molar-refractivity contribution in [2.24, 2.45) is 0 Å². The first-order valence-electron chi connectivity index (χ1n) is 9.57. The Bertz CT molecular complexity index is 1130. The number of aromatic nitrogens is 2. The number of carbonyl (C=O) groups excluding carboxylic acids is 1. The van der Waals surface area contributed by atoms with Crippen molar-refractivity contribution in [1.82, 2.24) is 9.97 Å². The van der Waals surface area contributed by atoms with Gasteiger partial charge in [-0.3, -0.25) is 4.79 Å². The minimum absolute atomic E-state index is 0.120. The zero-order valence-electron chi connectivity index (χ0n) is 17.0. The fourth-order valence-corrected chi connectivity index (χ4v) is 4.94. The van der Waals surface area contributed by atoms with E-state index in [4.69, 9.17) is 0 Å². The van der Waals surface area contributed by atoms with E-state index < -0.39 is 0 Å². The molecule has 0 unspecified atom stereocenters. The van der Waals surface area contributed by atoms with Gasteiger partial charge < -0.3 is 10.6 Å². The molecular weight excluding hydrogens is 412 g/mol. The molecule has 0 saturated carbocycles. The van der Waals surface area contributed by atoms with Gasteiger partial charge in [-0.2, -0.15) is 11.3 Å². The number of benzene rings is 1. The maximum absolute atomic E-state index is 12.8. The third-order valence-electron chi connectivity index (χ3n) is 4.59. The molecule has 0 spiro atoms. The van der Waals surface area contributed by atoms with Gasteiger partial charge in [0.15, 0.2) is 0 Å². The van der Waals surface area contributed by atoms with Crippen molar-refractivity contribution in [3.8, 4) is 0 Å². The molecule has 0 fully saturated rings. The van der Waals surface area contributed by atoms with Crippen LogP contribution in [0.15, 0.2) is 59.3 Å². The monoisotopic (exact) mass is 434 g/mol. The lowest BCUT2D eigenvalue weighted by Gasteiger charge is -2.19. The van der Waals surface area contributed by atoms with Crippen LogP contribution in [0.3, 0.4) is 0 Å². The second-order valence-electron chi connectivity index (χ2n) is 7.07. The summed E-state index contributed by atoms with van der Waals surface area (Å²) in [5.74, 6) is 0.457. The molecule has 0 bridgehead atoms. The fourth-order valence-electron chi connectivity index (χ4n) is 3.31. The van der Waals surface area contributed by atoms with E-state index in [0.29, 0.717) is 11.5 Å². The van der Waals surface area contributed by atoms with E-state index in [1.165, 1.54) is 0 Å². The molecule has 1 amide bonds. The third kappa shape index (κ3) is 4.58. The smallest absolute Gasteiger partial charge is 0.256 e. The topological polar surface area (TPSA) is 66.9 Å². The molecule has 1 aromatic carbocycles. The lowest BCUT2D eigenvalue weighted by atomic mass is 10.0. The number of carbonyl (C=O) groups is 1. The van der Waals surface area contributed by atoms with Gasteiger partial charge in [0.25, 0.3) is 5.91 Å². The summed E-state index contributed by atoms with van der Waals surface area (Å²) in [6.45, 7) is 5.96. The molecule has 4 aromatic rings. The van der Waals surface area contributed by atoms with Gasteiger partial charge in [-0.25, -0.2) is 9.97 Å². The number of nitrogens with one attached hydrogen (secondary N) is 2. The van der Waals surface area contributed by atoms with E-state index in [9.17, 15) is 4.79 Å². The molecule has 0 aliphatic carbocycles. The molecule has 3 heterocycles. The molecule has 30 heavy (non-hydrogen) atoms. The van der Waals surface area contributed by atoms with Crippen LogP contribution in [0.25, 0.3) is 0 Å². The second kappa shape index (κ2) is 8.77. The van der Waals surface area contributed by atoms with Crippen LogP contribution in [-0.2, 0) is 0 Å². The largest absolute Gasteiger partial charge is 0.343 e. The zero-order valence-corrected chi connectivity index (χ0v) is 18.6. The van der Waals surface area contributed by atoms with Gasteiger partial charge in [0.2, 0.25) is 5.95 Å². The summed E-state index contributed by atoms with van der Waals surface area (Å²) in [7, 11) is 0. The number of amides is 1. The van der Waals surface area contributed by atoms with Crippen LogP contribution in [0, 0.1) is 20.8 Å². The summed E-state index contributed by atoms with van der Waals surface area (Å²) in [4.78, 5) is 23.0. The van der Waals surface area contributed by atoms with Crippen LogP contribution < -0.4 is 10.6 Å². The van der Waals surface area contributed by atoms with Crippen LogP contribution in [0.5, 0.6) is 0 Å². The first-order chi connectivity index (χ1) is 14.5. The highest BCUT2D eigenvalue weighted by molar-refractivity contribution is 7.16. The van der Waals surface area contributed by atoms with Crippen LogP contribution in [-0.4, -0.2) is 15.9 Å². The molecule has 4 rings (SSSR count). The van der Waals surface area contributed by atoms with Crippen molar-refractivity contribution < 1.29 is 4.79 Å². The quantitative estimate of drug-likeness (QED) is 0.392. The third-order valence-corrected chi connectivity index (χ3v) is 6.27. The standard InChI is InChI=1S/C23H22N4OS2/c1-14-11-15(2)25-23(24-14)26-20(18-9-10-29-13-18)19-12-16(3)30-22(19)27-21(28)17-7-5-4-6-8-17/h4-13,20H,1-3H3,(H,27,28)(H,24,25,26)/t20-/m0/s1. The molecule has 152 valence electrons. The predicted molar refractivity (Wildman–Crippen MR) is 125 cm³/mol. The molecule has 3 aromatic heterocycles. The Labute approximate surface area is 183 Å². The maximum atomic E-state index is 12.8. The molecule has 0 radical (unpaired) electrons. The molecule has 5 nitrogen and oxygen atoms in total. The summed E-state index contributed by atoms with van der Waals surface area (Å²) < 4.78 is 0. The van der Waals surface area contributed by atoms with Crippen molar-refractivity contribution in [3.05, 3.63) is 92.2 Å². The van der Waals surface area contributed by atoms with E-state index in [1.54, 1.807) is 22.7 Å². The summed E-state index contributed by atoms with van der Waals surface area (Å²) in [5, 5.41) is 11.6. The van der Waals surface area contributed by atoms with Gasteiger partial charge in [0.05, 0.1) is 6.04 Å². The average molecular weight is 435 g/mol. The van der Waals surface area contributed by atoms with Gasteiger partial charge in [-0.15, -0.1) is 11.3 Å². The Morgan fingerprint density at radius 1 is 1.00 bits per heavy atom. The number of hydrogen-bond acceptors (Lipinski definition) is 6. The molecule has 1 atom stereocenters. The van der Waals surface area contributed by atoms with Crippen LogP contribution in [0.1, 0.15) is 43.8 Å². The summed E-state index contributed by atoms with van der Waals surface area (Å²) in [6.07, 6.45) is 0.